The summed E-state index contributed by atoms with van der Waals surface area (Å²) in [6.07, 6.45) is 1.94. The third-order valence-electron chi connectivity index (χ3n) is 2.88. The van der Waals surface area contributed by atoms with Gasteiger partial charge in [-0.05, 0) is 37.1 Å². The van der Waals surface area contributed by atoms with Crippen molar-refractivity contribution in [3.8, 4) is 0 Å². The molecule has 1 aromatic rings. The second-order valence-corrected chi connectivity index (χ2v) is 8.27. The van der Waals surface area contributed by atoms with Gasteiger partial charge in [0.1, 0.15) is 5.82 Å². The Kier molecular flexibility index (Phi) is 7.35. The van der Waals surface area contributed by atoms with Gasteiger partial charge in [0.15, 0.2) is 0 Å². The van der Waals surface area contributed by atoms with Gasteiger partial charge >= 0.3 is 0 Å². The average molecular weight is 318 g/mol. The Labute approximate surface area is 131 Å². The van der Waals surface area contributed by atoms with Crippen LogP contribution in [-0.2, 0) is 6.42 Å². The lowest BCUT2D eigenvalue weighted by Gasteiger charge is -2.24. The second kappa shape index (κ2) is 8.26. The molecule has 1 N–H and O–H groups in total. The first-order chi connectivity index (χ1) is 9.31. The topological polar surface area (TPSA) is 12.0 Å². The Morgan fingerprint density at radius 3 is 2.60 bits per heavy atom. The van der Waals surface area contributed by atoms with Crippen LogP contribution in [-0.4, -0.2) is 23.1 Å². The van der Waals surface area contributed by atoms with Crippen LogP contribution in [0.2, 0.25) is 5.02 Å². The molecule has 0 fully saturated rings. The van der Waals surface area contributed by atoms with Gasteiger partial charge in [-0.3, -0.25) is 0 Å². The van der Waals surface area contributed by atoms with Crippen LogP contribution in [0.3, 0.4) is 0 Å². The van der Waals surface area contributed by atoms with Gasteiger partial charge in [0.25, 0.3) is 0 Å². The monoisotopic (exact) mass is 317 g/mol. The van der Waals surface area contributed by atoms with E-state index >= 15 is 0 Å². The molecule has 0 aliphatic rings. The molecule has 0 aliphatic carbocycles. The fourth-order valence-corrected chi connectivity index (χ4v) is 3.02. The van der Waals surface area contributed by atoms with Crippen molar-refractivity contribution in [3.63, 3.8) is 0 Å². The van der Waals surface area contributed by atoms with Crippen molar-refractivity contribution in [2.45, 2.75) is 51.3 Å². The average Bonchev–Trinajstić information content (AvgIpc) is 2.34. The van der Waals surface area contributed by atoms with Gasteiger partial charge in [-0.15, -0.1) is 0 Å². The van der Waals surface area contributed by atoms with E-state index in [9.17, 15) is 4.39 Å². The minimum atomic E-state index is -0.277. The SMILES string of the molecule is CCCNC(CSC(C)(C)C)Cc1ccc(F)cc1Cl. The van der Waals surface area contributed by atoms with Crippen molar-refractivity contribution in [2.75, 3.05) is 12.3 Å². The lowest BCUT2D eigenvalue weighted by molar-refractivity contribution is 0.547. The van der Waals surface area contributed by atoms with Crippen molar-refractivity contribution in [3.05, 3.63) is 34.6 Å². The molecule has 1 nitrogen and oxygen atoms in total. The lowest BCUT2D eigenvalue weighted by atomic mass is 10.1. The summed E-state index contributed by atoms with van der Waals surface area (Å²) >= 11 is 8.06. The number of thioether (sulfide) groups is 1. The van der Waals surface area contributed by atoms with Crippen LogP contribution < -0.4 is 5.32 Å². The molecule has 1 atom stereocenters. The largest absolute Gasteiger partial charge is 0.313 e. The first-order valence-corrected chi connectivity index (χ1v) is 8.49. The van der Waals surface area contributed by atoms with Crippen LogP contribution in [0.25, 0.3) is 0 Å². The van der Waals surface area contributed by atoms with Crippen LogP contribution >= 0.6 is 23.4 Å². The van der Waals surface area contributed by atoms with E-state index in [-0.39, 0.29) is 10.6 Å². The predicted molar refractivity (Wildman–Crippen MR) is 89.4 cm³/mol. The third kappa shape index (κ3) is 6.96. The van der Waals surface area contributed by atoms with Gasteiger partial charge < -0.3 is 5.32 Å². The minimum absolute atomic E-state index is 0.249. The summed E-state index contributed by atoms with van der Waals surface area (Å²) in [6, 6.07) is 5.03. The Balaban J connectivity index is 2.67. The molecule has 0 heterocycles. The standard InChI is InChI=1S/C16H25ClFNS/c1-5-8-19-14(11-20-16(2,3)4)9-12-6-7-13(18)10-15(12)17/h6-7,10,14,19H,5,8-9,11H2,1-4H3. The zero-order valence-corrected chi connectivity index (χ0v) is 14.4. The summed E-state index contributed by atoms with van der Waals surface area (Å²) in [5.41, 5.74) is 1.01. The summed E-state index contributed by atoms with van der Waals surface area (Å²) in [5.74, 6) is 0.748. The highest BCUT2D eigenvalue weighted by Crippen LogP contribution is 2.26. The van der Waals surface area contributed by atoms with E-state index in [1.807, 2.05) is 11.8 Å². The lowest BCUT2D eigenvalue weighted by Crippen LogP contribution is -2.35. The van der Waals surface area contributed by atoms with Crippen molar-refractivity contribution >= 4 is 23.4 Å². The smallest absolute Gasteiger partial charge is 0.124 e. The van der Waals surface area contributed by atoms with E-state index in [1.54, 1.807) is 6.07 Å². The molecule has 20 heavy (non-hydrogen) atoms. The van der Waals surface area contributed by atoms with Crippen LogP contribution in [0, 0.1) is 5.82 Å². The summed E-state index contributed by atoms with van der Waals surface area (Å²) in [6.45, 7) is 9.82. The molecular weight excluding hydrogens is 293 g/mol. The Bertz CT molecular complexity index is 417. The molecule has 1 unspecified atom stereocenters. The maximum Gasteiger partial charge on any atom is 0.124 e. The fraction of sp³-hybridized carbons (Fsp3) is 0.625. The van der Waals surface area contributed by atoms with Crippen LogP contribution in [0.5, 0.6) is 0 Å². The highest BCUT2D eigenvalue weighted by Gasteiger charge is 2.17. The maximum atomic E-state index is 13.1. The zero-order valence-electron chi connectivity index (χ0n) is 12.8. The van der Waals surface area contributed by atoms with Gasteiger partial charge in [0.2, 0.25) is 0 Å². The van der Waals surface area contributed by atoms with E-state index in [4.69, 9.17) is 11.6 Å². The number of halogens is 2. The molecule has 4 heteroatoms. The summed E-state index contributed by atoms with van der Waals surface area (Å²) in [7, 11) is 0. The van der Waals surface area contributed by atoms with E-state index in [1.165, 1.54) is 12.1 Å². The molecule has 0 bridgehead atoms. The fourth-order valence-electron chi connectivity index (χ4n) is 1.84. The van der Waals surface area contributed by atoms with E-state index < -0.39 is 0 Å². The molecule has 0 radical (unpaired) electrons. The highest BCUT2D eigenvalue weighted by atomic mass is 35.5. The molecule has 0 aromatic heterocycles. The number of nitrogens with one attached hydrogen (secondary N) is 1. The third-order valence-corrected chi connectivity index (χ3v) is 4.67. The number of benzene rings is 1. The minimum Gasteiger partial charge on any atom is -0.313 e. The highest BCUT2D eigenvalue weighted by molar-refractivity contribution is 8.00. The first-order valence-electron chi connectivity index (χ1n) is 7.13. The Morgan fingerprint density at radius 1 is 1.35 bits per heavy atom. The second-order valence-electron chi connectivity index (χ2n) is 6.01. The van der Waals surface area contributed by atoms with Gasteiger partial charge in [-0.2, -0.15) is 11.8 Å². The normalized spacial score (nSPS) is 13.5. The van der Waals surface area contributed by atoms with Crippen molar-refractivity contribution in [1.82, 2.24) is 5.32 Å². The molecule has 0 aliphatic heterocycles. The predicted octanol–water partition coefficient (Wildman–Crippen LogP) is 4.92. The quantitative estimate of drug-likeness (QED) is 0.766. The van der Waals surface area contributed by atoms with Crippen molar-refractivity contribution in [2.24, 2.45) is 0 Å². The van der Waals surface area contributed by atoms with Gasteiger partial charge in [0, 0.05) is 21.6 Å². The molecule has 0 amide bonds. The van der Waals surface area contributed by atoms with Crippen LogP contribution in [0.15, 0.2) is 18.2 Å². The van der Waals surface area contributed by atoms with Gasteiger partial charge in [0.05, 0.1) is 0 Å². The molecule has 1 aromatic carbocycles. The van der Waals surface area contributed by atoms with Crippen LogP contribution in [0.4, 0.5) is 4.39 Å². The maximum absolute atomic E-state index is 13.1. The molecule has 0 spiro atoms. The van der Waals surface area contributed by atoms with Crippen molar-refractivity contribution in [1.29, 1.82) is 0 Å². The van der Waals surface area contributed by atoms with E-state index in [0.717, 1.165) is 30.7 Å². The molecule has 114 valence electrons. The Hall–Kier alpha value is -0.250. The molecule has 1 rings (SSSR count). The Morgan fingerprint density at radius 2 is 2.05 bits per heavy atom. The summed E-state index contributed by atoms with van der Waals surface area (Å²) in [5, 5.41) is 4.08. The summed E-state index contributed by atoms with van der Waals surface area (Å²) < 4.78 is 13.3. The van der Waals surface area contributed by atoms with E-state index in [2.05, 4.69) is 33.0 Å². The molecule has 0 saturated carbocycles. The van der Waals surface area contributed by atoms with Gasteiger partial charge in [-0.1, -0.05) is 45.4 Å². The summed E-state index contributed by atoms with van der Waals surface area (Å²) in [4.78, 5) is 0. The number of hydrogen-bond acceptors (Lipinski definition) is 2. The van der Waals surface area contributed by atoms with Crippen LogP contribution in [0.1, 0.15) is 39.7 Å². The first kappa shape index (κ1) is 17.8. The van der Waals surface area contributed by atoms with Gasteiger partial charge in [-0.25, -0.2) is 4.39 Å². The van der Waals surface area contributed by atoms with Crippen molar-refractivity contribution < 1.29 is 4.39 Å². The number of hydrogen-bond donors (Lipinski definition) is 1. The zero-order chi connectivity index (χ0) is 15.2. The molecular formula is C16H25ClFNS. The number of rotatable bonds is 7. The molecule has 0 saturated heterocycles. The van der Waals surface area contributed by atoms with E-state index in [0.29, 0.717) is 11.1 Å².